The highest BCUT2D eigenvalue weighted by Crippen LogP contribution is 2.25. The lowest BCUT2D eigenvalue weighted by atomic mass is 9.91. The summed E-state index contributed by atoms with van der Waals surface area (Å²) in [7, 11) is 0. The summed E-state index contributed by atoms with van der Waals surface area (Å²) in [4.78, 5) is 0. The van der Waals surface area contributed by atoms with Gasteiger partial charge in [-0.05, 0) is 34.4 Å². The van der Waals surface area contributed by atoms with E-state index in [1.165, 1.54) is 27.5 Å². The molecule has 0 aromatic heterocycles. The van der Waals surface area contributed by atoms with E-state index in [9.17, 15) is 0 Å². The maximum atomic E-state index is 3.68. The van der Waals surface area contributed by atoms with Crippen LogP contribution in [0.2, 0.25) is 0 Å². The number of rotatable bonds is 9. The molecule has 2 heteroatoms. The van der Waals surface area contributed by atoms with Crippen LogP contribution in [0.1, 0.15) is 35.6 Å². The van der Waals surface area contributed by atoms with Crippen molar-refractivity contribution in [3.63, 3.8) is 0 Å². The molecule has 30 heavy (non-hydrogen) atoms. The zero-order chi connectivity index (χ0) is 20.6. The Bertz CT molecular complexity index is 999. The van der Waals surface area contributed by atoms with Crippen LogP contribution in [-0.2, 0) is 0 Å². The van der Waals surface area contributed by atoms with Gasteiger partial charge < -0.3 is 10.6 Å². The smallest absolute Gasteiger partial charge is 0.0298 e. The molecule has 0 aliphatic heterocycles. The van der Waals surface area contributed by atoms with Crippen molar-refractivity contribution in [2.45, 2.75) is 18.9 Å². The molecule has 152 valence electrons. The molecule has 0 bridgehead atoms. The minimum Gasteiger partial charge on any atom is -0.315 e. The highest BCUT2D eigenvalue weighted by atomic mass is 15.0. The molecule has 0 amide bonds. The van der Waals surface area contributed by atoms with Crippen molar-refractivity contribution in [3.8, 4) is 0 Å². The van der Waals surface area contributed by atoms with E-state index < -0.39 is 0 Å². The maximum Gasteiger partial charge on any atom is 0.0298 e. The maximum absolute atomic E-state index is 3.68. The summed E-state index contributed by atoms with van der Waals surface area (Å²) >= 11 is 0. The molecule has 2 N–H and O–H groups in total. The molecule has 0 aliphatic rings. The Hall–Kier alpha value is -2.94. The molecule has 0 spiro atoms. The van der Waals surface area contributed by atoms with Gasteiger partial charge in [0.05, 0.1) is 0 Å². The van der Waals surface area contributed by atoms with Crippen molar-refractivity contribution in [3.05, 3.63) is 120 Å². The second-order valence-corrected chi connectivity index (χ2v) is 7.82. The molecule has 2 nitrogen and oxygen atoms in total. The van der Waals surface area contributed by atoms with Gasteiger partial charge in [-0.3, -0.25) is 0 Å². The summed E-state index contributed by atoms with van der Waals surface area (Å²) in [6.45, 7) is 5.04. The van der Waals surface area contributed by atoms with E-state index in [4.69, 9.17) is 0 Å². The highest BCUT2D eigenvalue weighted by molar-refractivity contribution is 5.86. The number of fused-ring (bicyclic) bond motifs is 1. The van der Waals surface area contributed by atoms with Crippen molar-refractivity contribution in [2.75, 3.05) is 19.6 Å². The topological polar surface area (TPSA) is 24.1 Å². The molecule has 0 aliphatic carbocycles. The number of benzene rings is 4. The van der Waals surface area contributed by atoms with Gasteiger partial charge in [-0.2, -0.15) is 0 Å². The van der Waals surface area contributed by atoms with Gasteiger partial charge in [0.1, 0.15) is 0 Å². The van der Waals surface area contributed by atoms with Crippen LogP contribution < -0.4 is 10.6 Å². The summed E-state index contributed by atoms with van der Waals surface area (Å²) in [5, 5.41) is 9.98. The number of hydrogen-bond donors (Lipinski definition) is 2. The quantitative estimate of drug-likeness (QED) is 0.345. The molecule has 1 unspecified atom stereocenters. The number of hydrogen-bond acceptors (Lipinski definition) is 2. The molecule has 1 atom stereocenters. The molecule has 4 aromatic carbocycles. The fourth-order valence-electron chi connectivity index (χ4n) is 4.16. The molecule has 4 rings (SSSR count). The van der Waals surface area contributed by atoms with Crippen LogP contribution in [0.4, 0.5) is 0 Å². The average Bonchev–Trinajstić information content (AvgIpc) is 2.82. The Morgan fingerprint density at radius 1 is 0.633 bits per heavy atom. The van der Waals surface area contributed by atoms with E-state index in [2.05, 4.69) is 121 Å². The molecule has 0 radical (unpaired) electrons. The Kier molecular flexibility index (Phi) is 6.91. The summed E-state index contributed by atoms with van der Waals surface area (Å²) in [5.74, 6) is 0.364. The zero-order valence-corrected chi connectivity index (χ0v) is 17.6. The van der Waals surface area contributed by atoms with E-state index in [-0.39, 0.29) is 0 Å². The van der Waals surface area contributed by atoms with Gasteiger partial charge in [-0.1, -0.05) is 103 Å². The Labute approximate surface area is 180 Å². The van der Waals surface area contributed by atoms with Crippen LogP contribution >= 0.6 is 0 Å². The largest absolute Gasteiger partial charge is 0.315 e. The third kappa shape index (κ3) is 4.96. The van der Waals surface area contributed by atoms with Crippen molar-refractivity contribution < 1.29 is 0 Å². The molecular weight excluding hydrogens is 364 g/mol. The van der Waals surface area contributed by atoms with Gasteiger partial charge >= 0.3 is 0 Å². The molecule has 0 saturated heterocycles. The standard InChI is InChI=1S/C28H30N2/c1-22(26-18-10-16-23-15-8-9-17-27(23)26)30-20-19-29-21-28(24-11-4-2-5-12-24)25-13-6-3-7-14-25/h2-18,22,28-30H,19-21H2,1H3. The lowest BCUT2D eigenvalue weighted by Crippen LogP contribution is -2.31. The van der Waals surface area contributed by atoms with E-state index in [0.29, 0.717) is 12.0 Å². The van der Waals surface area contributed by atoms with Gasteiger partial charge in [0, 0.05) is 31.6 Å². The van der Waals surface area contributed by atoms with Gasteiger partial charge in [-0.25, -0.2) is 0 Å². The van der Waals surface area contributed by atoms with Crippen molar-refractivity contribution in [1.29, 1.82) is 0 Å². The summed E-state index contributed by atoms with van der Waals surface area (Å²) < 4.78 is 0. The average molecular weight is 395 g/mol. The van der Waals surface area contributed by atoms with Crippen molar-refractivity contribution in [2.24, 2.45) is 0 Å². The van der Waals surface area contributed by atoms with Crippen LogP contribution in [0.15, 0.2) is 103 Å². The monoisotopic (exact) mass is 394 g/mol. The van der Waals surface area contributed by atoms with Gasteiger partial charge in [-0.15, -0.1) is 0 Å². The SMILES string of the molecule is CC(NCCNCC(c1ccccc1)c1ccccc1)c1cccc2ccccc12. The van der Waals surface area contributed by atoms with Crippen LogP contribution in [0.3, 0.4) is 0 Å². The summed E-state index contributed by atoms with van der Waals surface area (Å²) in [5.41, 5.74) is 4.07. The van der Waals surface area contributed by atoms with Crippen LogP contribution in [0.25, 0.3) is 10.8 Å². The first kappa shape index (κ1) is 20.3. The Morgan fingerprint density at radius 3 is 1.93 bits per heavy atom. The second kappa shape index (κ2) is 10.2. The normalized spacial score (nSPS) is 12.3. The predicted molar refractivity (Wildman–Crippen MR) is 128 cm³/mol. The van der Waals surface area contributed by atoms with Crippen LogP contribution in [0, 0.1) is 0 Å². The van der Waals surface area contributed by atoms with E-state index in [1.54, 1.807) is 0 Å². The first-order valence-electron chi connectivity index (χ1n) is 10.8. The van der Waals surface area contributed by atoms with E-state index in [0.717, 1.165) is 19.6 Å². The lowest BCUT2D eigenvalue weighted by molar-refractivity contribution is 0.540. The molecular formula is C28H30N2. The minimum absolute atomic E-state index is 0.317. The third-order valence-corrected chi connectivity index (χ3v) is 5.79. The first-order chi connectivity index (χ1) is 14.8. The van der Waals surface area contributed by atoms with Gasteiger partial charge in [0.25, 0.3) is 0 Å². The molecule has 0 fully saturated rings. The second-order valence-electron chi connectivity index (χ2n) is 7.82. The Morgan fingerprint density at radius 2 is 1.23 bits per heavy atom. The Balaban J connectivity index is 1.33. The highest BCUT2D eigenvalue weighted by Gasteiger charge is 2.13. The van der Waals surface area contributed by atoms with Gasteiger partial charge in [0.15, 0.2) is 0 Å². The summed E-state index contributed by atoms with van der Waals surface area (Å²) in [6.07, 6.45) is 0. The number of nitrogens with one attached hydrogen (secondary N) is 2. The van der Waals surface area contributed by atoms with E-state index in [1.807, 2.05) is 0 Å². The van der Waals surface area contributed by atoms with Gasteiger partial charge in [0.2, 0.25) is 0 Å². The fraction of sp³-hybridized carbons (Fsp3) is 0.214. The van der Waals surface area contributed by atoms with Crippen LogP contribution in [0.5, 0.6) is 0 Å². The molecule has 0 heterocycles. The first-order valence-corrected chi connectivity index (χ1v) is 10.8. The van der Waals surface area contributed by atoms with Crippen molar-refractivity contribution in [1.82, 2.24) is 10.6 Å². The third-order valence-electron chi connectivity index (χ3n) is 5.79. The lowest BCUT2D eigenvalue weighted by Gasteiger charge is -2.20. The fourth-order valence-corrected chi connectivity index (χ4v) is 4.16. The zero-order valence-electron chi connectivity index (χ0n) is 17.6. The molecule has 4 aromatic rings. The predicted octanol–water partition coefficient (Wildman–Crippen LogP) is 5.91. The molecule has 0 saturated carbocycles. The van der Waals surface area contributed by atoms with Crippen molar-refractivity contribution >= 4 is 10.8 Å². The van der Waals surface area contributed by atoms with Crippen LogP contribution in [-0.4, -0.2) is 19.6 Å². The van der Waals surface area contributed by atoms with E-state index >= 15 is 0 Å². The summed E-state index contributed by atoms with van der Waals surface area (Å²) in [6, 6.07) is 37.0. The minimum atomic E-state index is 0.317.